The lowest BCUT2D eigenvalue weighted by atomic mass is 9.81. The van der Waals surface area contributed by atoms with Crippen LogP contribution in [0.25, 0.3) is 10.2 Å². The molecular weight excluding hydrogens is 417 g/mol. The summed E-state index contributed by atoms with van der Waals surface area (Å²) in [5.41, 5.74) is 3.89. The van der Waals surface area contributed by atoms with Crippen LogP contribution in [0.2, 0.25) is 0 Å². The lowest BCUT2D eigenvalue weighted by Gasteiger charge is -2.37. The Labute approximate surface area is 183 Å². The monoisotopic (exact) mass is 441 g/mol. The number of hydrogen-bond donors (Lipinski definition) is 1. The van der Waals surface area contributed by atoms with Crippen molar-refractivity contribution in [3.05, 3.63) is 41.4 Å². The van der Waals surface area contributed by atoms with E-state index in [-0.39, 0.29) is 24.0 Å². The molecule has 0 radical (unpaired) electrons. The molecule has 162 valence electrons. The van der Waals surface area contributed by atoms with Gasteiger partial charge in [0.2, 0.25) is 11.9 Å². The molecule has 1 N–H and O–H groups in total. The van der Waals surface area contributed by atoms with Crippen molar-refractivity contribution in [2.24, 2.45) is 5.92 Å². The number of aromatic nitrogens is 3. The molecule has 2 aliphatic rings. The lowest BCUT2D eigenvalue weighted by molar-refractivity contribution is -0.131. The van der Waals surface area contributed by atoms with Crippen LogP contribution in [0.3, 0.4) is 0 Å². The molecule has 0 unspecified atom stereocenters. The van der Waals surface area contributed by atoms with Crippen LogP contribution in [-0.2, 0) is 4.79 Å². The fraction of sp³-hybridized carbons (Fsp3) is 0.455. The number of benzene rings is 1. The zero-order valence-electron chi connectivity index (χ0n) is 17.3. The van der Waals surface area contributed by atoms with Crippen LogP contribution in [-0.4, -0.2) is 46.1 Å². The molecular formula is C22H24FN5O2S. The third kappa shape index (κ3) is 4.32. The number of hydrogen-bond acceptors (Lipinski definition) is 7. The van der Waals surface area contributed by atoms with Crippen molar-refractivity contribution in [2.45, 2.75) is 44.8 Å². The van der Waals surface area contributed by atoms with E-state index in [1.165, 1.54) is 12.4 Å². The maximum absolute atomic E-state index is 13.0. The Bertz CT molecular complexity index is 1080. The number of carbonyl (C=O) groups is 1. The minimum absolute atomic E-state index is 0.000745. The number of anilines is 1. The molecule has 7 nitrogen and oxygen atoms in total. The maximum atomic E-state index is 13.0. The first-order valence-corrected chi connectivity index (χ1v) is 11.5. The van der Waals surface area contributed by atoms with Crippen LogP contribution in [0.5, 0.6) is 5.75 Å². The number of nitrogens with zero attached hydrogens (tertiary/aromatic N) is 4. The van der Waals surface area contributed by atoms with E-state index in [0.717, 1.165) is 60.3 Å². The van der Waals surface area contributed by atoms with Crippen LogP contribution in [0.4, 0.5) is 10.3 Å². The minimum Gasteiger partial charge on any atom is -0.488 e. The first-order chi connectivity index (χ1) is 15.0. The third-order valence-corrected chi connectivity index (χ3v) is 6.81. The van der Waals surface area contributed by atoms with Gasteiger partial charge in [0.05, 0.1) is 22.6 Å². The molecule has 0 atom stereocenters. The van der Waals surface area contributed by atoms with Gasteiger partial charge in [-0.15, -0.1) is 11.3 Å². The highest BCUT2D eigenvalue weighted by atomic mass is 32.1. The van der Waals surface area contributed by atoms with Crippen LogP contribution in [0.1, 0.15) is 31.2 Å². The zero-order chi connectivity index (χ0) is 21.4. The highest BCUT2D eigenvalue weighted by Gasteiger charge is 2.37. The van der Waals surface area contributed by atoms with Crippen molar-refractivity contribution in [2.75, 3.05) is 18.0 Å². The van der Waals surface area contributed by atoms with Crippen LogP contribution in [0.15, 0.2) is 30.0 Å². The molecule has 1 aromatic carbocycles. The van der Waals surface area contributed by atoms with E-state index in [1.54, 1.807) is 11.3 Å². The van der Waals surface area contributed by atoms with Crippen molar-refractivity contribution >= 4 is 33.4 Å². The summed E-state index contributed by atoms with van der Waals surface area (Å²) < 4.78 is 20.3. The number of nitrogens with one attached hydrogen (secondary N) is 1. The molecule has 9 heteroatoms. The molecule has 31 heavy (non-hydrogen) atoms. The first kappa shape index (κ1) is 20.1. The summed E-state index contributed by atoms with van der Waals surface area (Å²) >= 11 is 1.61. The molecule has 1 aliphatic carbocycles. The van der Waals surface area contributed by atoms with Crippen molar-refractivity contribution in [3.8, 4) is 5.75 Å². The Morgan fingerprint density at radius 2 is 1.94 bits per heavy atom. The number of carbonyl (C=O) groups excluding carboxylic acids is 1. The Hall–Kier alpha value is -2.81. The average Bonchev–Trinajstić information content (AvgIpc) is 3.20. The van der Waals surface area contributed by atoms with Gasteiger partial charge in [-0.05, 0) is 50.3 Å². The summed E-state index contributed by atoms with van der Waals surface area (Å²) in [7, 11) is 0. The molecule has 1 amide bonds. The van der Waals surface area contributed by atoms with Gasteiger partial charge in [-0.3, -0.25) is 4.79 Å². The number of ether oxygens (including phenoxy) is 1. The summed E-state index contributed by atoms with van der Waals surface area (Å²) in [5.74, 6) is 1.02. The summed E-state index contributed by atoms with van der Waals surface area (Å²) in [6, 6.07) is 4.29. The second-order valence-electron chi connectivity index (χ2n) is 8.34. The SMILES string of the molecule is Cc1cc(OC2CC(C(=O)NC3CCN(c4ncc(F)cn4)CC3)C2)c2ncsc2c1. The molecule has 5 rings (SSSR count). The molecule has 2 aromatic heterocycles. The van der Waals surface area contributed by atoms with Gasteiger partial charge in [-0.1, -0.05) is 0 Å². The van der Waals surface area contributed by atoms with Gasteiger partial charge in [-0.25, -0.2) is 19.3 Å². The van der Waals surface area contributed by atoms with E-state index in [1.807, 2.05) is 16.5 Å². The summed E-state index contributed by atoms with van der Waals surface area (Å²) in [4.78, 5) is 27.2. The number of piperidine rings is 1. The Kier molecular flexibility index (Phi) is 5.43. The number of fused-ring (bicyclic) bond motifs is 1. The maximum Gasteiger partial charge on any atom is 0.225 e. The topological polar surface area (TPSA) is 80.2 Å². The number of rotatable bonds is 5. The standard InChI is InChI=1S/C22H24FN5O2S/c1-13-6-18(20-19(7-13)31-12-26-20)30-17-8-14(9-17)21(29)27-16-2-4-28(5-3-16)22-24-10-15(23)11-25-22/h6-7,10-12,14,16-17H,2-5,8-9H2,1H3,(H,27,29). The van der Waals surface area contributed by atoms with Crippen LogP contribution < -0.4 is 15.0 Å². The molecule has 0 spiro atoms. The van der Waals surface area contributed by atoms with E-state index in [4.69, 9.17) is 4.74 Å². The largest absolute Gasteiger partial charge is 0.488 e. The normalized spacial score (nSPS) is 21.7. The smallest absolute Gasteiger partial charge is 0.225 e. The summed E-state index contributed by atoms with van der Waals surface area (Å²) in [6.07, 6.45) is 5.53. The number of thiazole rings is 1. The highest BCUT2D eigenvalue weighted by molar-refractivity contribution is 7.16. The van der Waals surface area contributed by atoms with E-state index in [2.05, 4.69) is 33.3 Å². The zero-order valence-corrected chi connectivity index (χ0v) is 18.1. The van der Waals surface area contributed by atoms with Gasteiger partial charge in [0, 0.05) is 25.0 Å². The lowest BCUT2D eigenvalue weighted by Crippen LogP contribution is -2.50. The van der Waals surface area contributed by atoms with Crippen molar-refractivity contribution in [1.82, 2.24) is 20.3 Å². The Morgan fingerprint density at radius 3 is 2.68 bits per heavy atom. The third-order valence-electron chi connectivity index (χ3n) is 6.04. The summed E-state index contributed by atoms with van der Waals surface area (Å²) in [6.45, 7) is 3.53. The summed E-state index contributed by atoms with van der Waals surface area (Å²) in [5, 5.41) is 3.19. The van der Waals surface area contributed by atoms with E-state index in [9.17, 15) is 9.18 Å². The van der Waals surface area contributed by atoms with Gasteiger partial charge in [-0.2, -0.15) is 0 Å². The second kappa shape index (κ2) is 8.37. The second-order valence-corrected chi connectivity index (χ2v) is 9.23. The molecule has 1 saturated carbocycles. The predicted molar refractivity (Wildman–Crippen MR) is 117 cm³/mol. The number of amides is 1. The fourth-order valence-electron chi connectivity index (χ4n) is 4.22. The van der Waals surface area contributed by atoms with Gasteiger partial charge >= 0.3 is 0 Å². The number of halogens is 1. The molecule has 3 heterocycles. The quantitative estimate of drug-likeness (QED) is 0.653. The van der Waals surface area contributed by atoms with Crippen LogP contribution in [0, 0.1) is 18.7 Å². The Morgan fingerprint density at radius 1 is 1.19 bits per heavy atom. The van der Waals surface area contributed by atoms with Crippen LogP contribution >= 0.6 is 11.3 Å². The molecule has 0 bridgehead atoms. The van der Waals surface area contributed by atoms with Gasteiger partial charge < -0.3 is 15.0 Å². The van der Waals surface area contributed by atoms with Crippen molar-refractivity contribution in [3.63, 3.8) is 0 Å². The molecule has 2 fully saturated rings. The Balaban J connectivity index is 1.09. The van der Waals surface area contributed by atoms with Gasteiger partial charge in [0.15, 0.2) is 5.82 Å². The fourth-order valence-corrected chi connectivity index (χ4v) is 5.01. The minimum atomic E-state index is -0.438. The predicted octanol–water partition coefficient (Wildman–Crippen LogP) is 3.48. The van der Waals surface area contributed by atoms with E-state index in [0.29, 0.717) is 5.95 Å². The first-order valence-electron chi connectivity index (χ1n) is 10.6. The number of aryl methyl sites for hydroxylation is 1. The van der Waals surface area contributed by atoms with E-state index >= 15 is 0 Å². The highest BCUT2D eigenvalue weighted by Crippen LogP contribution is 2.36. The van der Waals surface area contributed by atoms with Gasteiger partial charge in [0.1, 0.15) is 17.4 Å². The molecule has 1 saturated heterocycles. The van der Waals surface area contributed by atoms with Crippen molar-refractivity contribution < 1.29 is 13.9 Å². The average molecular weight is 442 g/mol. The molecule has 1 aliphatic heterocycles. The van der Waals surface area contributed by atoms with E-state index < -0.39 is 5.82 Å². The molecule has 3 aromatic rings. The van der Waals surface area contributed by atoms with Gasteiger partial charge in [0.25, 0.3) is 0 Å². The van der Waals surface area contributed by atoms with Crippen molar-refractivity contribution in [1.29, 1.82) is 0 Å².